The van der Waals surface area contributed by atoms with Gasteiger partial charge < -0.3 is 15.0 Å². The lowest BCUT2D eigenvalue weighted by atomic mass is 9.88. The van der Waals surface area contributed by atoms with Crippen molar-refractivity contribution >= 4 is 5.91 Å². The van der Waals surface area contributed by atoms with Crippen LogP contribution in [0.1, 0.15) is 44.9 Å². The monoisotopic (exact) mass is 268 g/mol. The Kier molecular flexibility index (Phi) is 6.11. The van der Waals surface area contributed by atoms with E-state index in [0.29, 0.717) is 17.9 Å². The van der Waals surface area contributed by atoms with E-state index in [2.05, 4.69) is 10.2 Å². The van der Waals surface area contributed by atoms with Crippen molar-refractivity contribution in [1.82, 2.24) is 10.2 Å². The van der Waals surface area contributed by atoms with Crippen molar-refractivity contribution in [2.24, 2.45) is 5.92 Å². The lowest BCUT2D eigenvalue weighted by Crippen LogP contribution is -2.47. The molecule has 19 heavy (non-hydrogen) atoms. The third-order valence-corrected chi connectivity index (χ3v) is 4.52. The average molecular weight is 268 g/mol. The first-order chi connectivity index (χ1) is 9.29. The van der Waals surface area contributed by atoms with Gasteiger partial charge in [-0.1, -0.05) is 19.3 Å². The van der Waals surface area contributed by atoms with Crippen LogP contribution in [0.2, 0.25) is 0 Å². The third kappa shape index (κ3) is 4.77. The SMILES string of the molecule is COCCN1CCC(NC(=O)C2CCCCC2)CC1. The molecule has 1 amide bonds. The molecule has 0 atom stereocenters. The molecule has 4 heteroatoms. The number of nitrogens with one attached hydrogen (secondary N) is 1. The second-order valence-corrected chi connectivity index (χ2v) is 5.95. The topological polar surface area (TPSA) is 41.6 Å². The number of methoxy groups -OCH3 is 1. The van der Waals surface area contributed by atoms with Gasteiger partial charge in [-0.2, -0.15) is 0 Å². The number of nitrogens with zero attached hydrogens (tertiary/aromatic N) is 1. The number of hydrogen-bond acceptors (Lipinski definition) is 3. The largest absolute Gasteiger partial charge is 0.383 e. The smallest absolute Gasteiger partial charge is 0.223 e. The Morgan fingerprint density at radius 3 is 2.47 bits per heavy atom. The number of piperidine rings is 1. The molecule has 0 unspecified atom stereocenters. The molecular weight excluding hydrogens is 240 g/mol. The molecular formula is C15H28N2O2. The van der Waals surface area contributed by atoms with Gasteiger partial charge in [0.15, 0.2) is 0 Å². The maximum absolute atomic E-state index is 12.2. The fourth-order valence-electron chi connectivity index (χ4n) is 3.21. The molecule has 0 aromatic heterocycles. The quantitative estimate of drug-likeness (QED) is 0.826. The average Bonchev–Trinajstić information content (AvgIpc) is 2.47. The molecule has 2 rings (SSSR count). The zero-order chi connectivity index (χ0) is 13.5. The Labute approximate surface area is 116 Å². The first-order valence-corrected chi connectivity index (χ1v) is 7.81. The Morgan fingerprint density at radius 2 is 1.84 bits per heavy atom. The molecule has 1 N–H and O–H groups in total. The van der Waals surface area contributed by atoms with Crippen LogP contribution < -0.4 is 5.32 Å². The second kappa shape index (κ2) is 7.85. The molecule has 4 nitrogen and oxygen atoms in total. The highest BCUT2D eigenvalue weighted by Crippen LogP contribution is 2.24. The van der Waals surface area contributed by atoms with E-state index in [4.69, 9.17) is 4.74 Å². The van der Waals surface area contributed by atoms with Crippen LogP contribution in [-0.2, 0) is 9.53 Å². The molecule has 1 aliphatic heterocycles. The molecule has 0 radical (unpaired) electrons. The third-order valence-electron chi connectivity index (χ3n) is 4.52. The van der Waals surface area contributed by atoms with Gasteiger partial charge in [0.1, 0.15) is 0 Å². The van der Waals surface area contributed by atoms with Gasteiger partial charge in [0.25, 0.3) is 0 Å². The summed E-state index contributed by atoms with van der Waals surface area (Å²) in [5, 5.41) is 3.27. The number of carbonyl (C=O) groups excluding carboxylic acids is 1. The van der Waals surface area contributed by atoms with Crippen LogP contribution in [0.4, 0.5) is 0 Å². The maximum Gasteiger partial charge on any atom is 0.223 e. The fraction of sp³-hybridized carbons (Fsp3) is 0.933. The Morgan fingerprint density at radius 1 is 1.16 bits per heavy atom. The normalized spacial score (nSPS) is 23.4. The lowest BCUT2D eigenvalue weighted by molar-refractivity contribution is -0.127. The van der Waals surface area contributed by atoms with Crippen LogP contribution in [0.25, 0.3) is 0 Å². The maximum atomic E-state index is 12.2. The van der Waals surface area contributed by atoms with Crippen LogP contribution in [0.3, 0.4) is 0 Å². The van der Waals surface area contributed by atoms with E-state index in [1.807, 2.05) is 0 Å². The first kappa shape index (κ1) is 14.8. The van der Waals surface area contributed by atoms with Crippen molar-refractivity contribution in [3.05, 3.63) is 0 Å². The van der Waals surface area contributed by atoms with E-state index >= 15 is 0 Å². The van der Waals surface area contributed by atoms with E-state index in [0.717, 1.165) is 51.9 Å². The van der Waals surface area contributed by atoms with Crippen LogP contribution in [0.5, 0.6) is 0 Å². The number of amides is 1. The van der Waals surface area contributed by atoms with Gasteiger partial charge in [-0.15, -0.1) is 0 Å². The highest BCUT2D eigenvalue weighted by atomic mass is 16.5. The van der Waals surface area contributed by atoms with Crippen molar-refractivity contribution in [3.8, 4) is 0 Å². The predicted molar refractivity (Wildman–Crippen MR) is 76.1 cm³/mol. The van der Waals surface area contributed by atoms with Crippen LogP contribution in [0.15, 0.2) is 0 Å². The van der Waals surface area contributed by atoms with E-state index in [1.54, 1.807) is 7.11 Å². The summed E-state index contributed by atoms with van der Waals surface area (Å²) < 4.78 is 5.10. The summed E-state index contributed by atoms with van der Waals surface area (Å²) in [4.78, 5) is 14.6. The van der Waals surface area contributed by atoms with Crippen LogP contribution in [0, 0.1) is 5.92 Å². The van der Waals surface area contributed by atoms with E-state index in [9.17, 15) is 4.79 Å². The molecule has 1 saturated carbocycles. The van der Waals surface area contributed by atoms with E-state index in [-0.39, 0.29) is 0 Å². The van der Waals surface area contributed by atoms with Crippen molar-refractivity contribution in [3.63, 3.8) is 0 Å². The Hall–Kier alpha value is -0.610. The minimum Gasteiger partial charge on any atom is -0.383 e. The van der Waals surface area contributed by atoms with Crippen LogP contribution in [-0.4, -0.2) is 50.2 Å². The highest BCUT2D eigenvalue weighted by Gasteiger charge is 2.25. The molecule has 110 valence electrons. The minimum atomic E-state index is 0.292. The molecule has 2 fully saturated rings. The number of carbonyl (C=O) groups is 1. The summed E-state index contributed by atoms with van der Waals surface area (Å²) in [5.41, 5.74) is 0. The number of rotatable bonds is 5. The Balaban J connectivity index is 1.65. The molecule has 2 aliphatic rings. The molecule has 1 saturated heterocycles. The van der Waals surface area contributed by atoms with Crippen molar-refractivity contribution in [1.29, 1.82) is 0 Å². The number of likely N-dealkylation sites (tertiary alicyclic amines) is 1. The van der Waals surface area contributed by atoms with Crippen molar-refractivity contribution < 1.29 is 9.53 Å². The van der Waals surface area contributed by atoms with Gasteiger partial charge in [0.2, 0.25) is 5.91 Å². The standard InChI is InChI=1S/C15H28N2O2/c1-19-12-11-17-9-7-14(8-10-17)16-15(18)13-5-3-2-4-6-13/h13-14H,2-12H2,1H3,(H,16,18). The number of hydrogen-bond donors (Lipinski definition) is 1. The predicted octanol–water partition coefficient (Wildman–Crippen LogP) is 1.79. The number of ether oxygens (including phenoxy) is 1. The fourth-order valence-corrected chi connectivity index (χ4v) is 3.21. The summed E-state index contributed by atoms with van der Waals surface area (Å²) in [6.07, 6.45) is 8.13. The molecule has 0 spiro atoms. The van der Waals surface area contributed by atoms with Crippen molar-refractivity contribution in [2.75, 3.05) is 33.4 Å². The molecule has 1 heterocycles. The van der Waals surface area contributed by atoms with Gasteiger partial charge in [-0.05, 0) is 25.7 Å². The van der Waals surface area contributed by atoms with E-state index < -0.39 is 0 Å². The Bertz CT molecular complexity index is 269. The second-order valence-electron chi connectivity index (χ2n) is 5.95. The highest BCUT2D eigenvalue weighted by molar-refractivity contribution is 5.79. The van der Waals surface area contributed by atoms with Crippen LogP contribution >= 0.6 is 0 Å². The first-order valence-electron chi connectivity index (χ1n) is 7.81. The molecule has 0 aromatic carbocycles. The van der Waals surface area contributed by atoms with Gasteiger partial charge in [0.05, 0.1) is 6.61 Å². The summed E-state index contributed by atoms with van der Waals surface area (Å²) in [6.45, 7) is 3.98. The molecule has 0 bridgehead atoms. The summed E-state index contributed by atoms with van der Waals surface area (Å²) in [7, 11) is 1.75. The summed E-state index contributed by atoms with van der Waals surface area (Å²) in [6, 6.07) is 0.397. The molecule has 1 aliphatic carbocycles. The lowest BCUT2D eigenvalue weighted by Gasteiger charge is -2.33. The summed E-state index contributed by atoms with van der Waals surface area (Å²) in [5.74, 6) is 0.607. The van der Waals surface area contributed by atoms with Gasteiger partial charge in [-0.3, -0.25) is 4.79 Å². The van der Waals surface area contributed by atoms with Gasteiger partial charge in [0, 0.05) is 38.7 Å². The van der Waals surface area contributed by atoms with E-state index in [1.165, 1.54) is 19.3 Å². The van der Waals surface area contributed by atoms with Gasteiger partial charge >= 0.3 is 0 Å². The summed E-state index contributed by atoms with van der Waals surface area (Å²) >= 11 is 0. The zero-order valence-electron chi connectivity index (χ0n) is 12.2. The van der Waals surface area contributed by atoms with Gasteiger partial charge in [-0.25, -0.2) is 0 Å². The molecule has 0 aromatic rings. The zero-order valence-corrected chi connectivity index (χ0v) is 12.2. The van der Waals surface area contributed by atoms with Crippen molar-refractivity contribution in [2.45, 2.75) is 51.0 Å². The minimum absolute atomic E-state index is 0.292.